The summed E-state index contributed by atoms with van der Waals surface area (Å²) in [7, 11) is 1.29. The van der Waals surface area contributed by atoms with Gasteiger partial charge in [-0.05, 0) is 17.7 Å². The minimum Gasteiger partial charge on any atom is -0.465 e. The second kappa shape index (κ2) is 6.37. The standard InChI is InChI=1S/C13H10ClN3O2S/c1-19-12(18)10-11(14)17-13(20-10)16-7-9-4-2-3-8(5-9)6-15/h2-5H,7H2,1H3,(H,16,17). The van der Waals surface area contributed by atoms with Gasteiger partial charge >= 0.3 is 5.97 Å². The van der Waals surface area contributed by atoms with Gasteiger partial charge in [0.15, 0.2) is 15.2 Å². The zero-order valence-electron chi connectivity index (χ0n) is 10.5. The maximum atomic E-state index is 11.4. The number of nitrogens with one attached hydrogen (secondary N) is 1. The van der Waals surface area contributed by atoms with Crippen LogP contribution in [0.15, 0.2) is 24.3 Å². The van der Waals surface area contributed by atoms with Crippen molar-refractivity contribution >= 4 is 34.0 Å². The molecule has 2 aromatic rings. The van der Waals surface area contributed by atoms with Crippen molar-refractivity contribution in [2.24, 2.45) is 0 Å². The molecule has 0 amide bonds. The van der Waals surface area contributed by atoms with Crippen molar-refractivity contribution < 1.29 is 9.53 Å². The fourth-order valence-electron chi connectivity index (χ4n) is 1.52. The van der Waals surface area contributed by atoms with E-state index >= 15 is 0 Å². The Labute approximate surface area is 124 Å². The molecule has 0 spiro atoms. The number of benzene rings is 1. The Morgan fingerprint density at radius 1 is 1.60 bits per heavy atom. The van der Waals surface area contributed by atoms with E-state index in [4.69, 9.17) is 16.9 Å². The number of ether oxygens (including phenoxy) is 1. The Balaban J connectivity index is 2.08. The molecule has 7 heteroatoms. The lowest BCUT2D eigenvalue weighted by molar-refractivity contribution is 0.0606. The van der Waals surface area contributed by atoms with Crippen LogP contribution in [0.25, 0.3) is 0 Å². The van der Waals surface area contributed by atoms with E-state index in [0.717, 1.165) is 16.9 Å². The molecule has 0 radical (unpaired) electrons. The van der Waals surface area contributed by atoms with Crippen molar-refractivity contribution in [1.29, 1.82) is 5.26 Å². The van der Waals surface area contributed by atoms with E-state index in [1.807, 2.05) is 12.1 Å². The molecule has 0 bridgehead atoms. The third kappa shape index (κ3) is 3.26. The number of thiazole rings is 1. The highest BCUT2D eigenvalue weighted by Gasteiger charge is 2.17. The summed E-state index contributed by atoms with van der Waals surface area (Å²) in [6, 6.07) is 9.30. The first-order chi connectivity index (χ1) is 9.63. The van der Waals surface area contributed by atoms with Crippen LogP contribution in [0.1, 0.15) is 20.8 Å². The lowest BCUT2D eigenvalue weighted by Gasteiger charge is -2.02. The Morgan fingerprint density at radius 2 is 2.40 bits per heavy atom. The molecule has 102 valence electrons. The molecule has 0 aliphatic heterocycles. The molecular weight excluding hydrogens is 298 g/mol. The van der Waals surface area contributed by atoms with Crippen LogP contribution in [0.4, 0.5) is 5.13 Å². The van der Waals surface area contributed by atoms with Gasteiger partial charge in [0.05, 0.1) is 18.7 Å². The molecule has 0 fully saturated rings. The van der Waals surface area contributed by atoms with Gasteiger partial charge in [0.1, 0.15) is 0 Å². The zero-order chi connectivity index (χ0) is 14.5. The van der Waals surface area contributed by atoms with Gasteiger partial charge in [0.25, 0.3) is 0 Å². The normalized spacial score (nSPS) is 9.85. The van der Waals surface area contributed by atoms with E-state index in [-0.39, 0.29) is 10.0 Å². The van der Waals surface area contributed by atoms with Crippen LogP contribution in [-0.4, -0.2) is 18.1 Å². The first kappa shape index (κ1) is 14.3. The highest BCUT2D eigenvalue weighted by molar-refractivity contribution is 7.18. The van der Waals surface area contributed by atoms with Crippen LogP contribution >= 0.6 is 22.9 Å². The predicted molar refractivity (Wildman–Crippen MR) is 76.9 cm³/mol. The summed E-state index contributed by atoms with van der Waals surface area (Å²) >= 11 is 6.99. The number of halogens is 1. The lowest BCUT2D eigenvalue weighted by atomic mass is 10.1. The molecule has 5 nitrogen and oxygen atoms in total. The molecule has 0 unspecified atom stereocenters. The molecule has 0 saturated heterocycles. The first-order valence-corrected chi connectivity index (χ1v) is 6.81. The fraction of sp³-hybridized carbons (Fsp3) is 0.154. The third-order valence-electron chi connectivity index (χ3n) is 2.46. The molecule has 1 aromatic carbocycles. The predicted octanol–water partition coefficient (Wildman–Crippen LogP) is 3.07. The summed E-state index contributed by atoms with van der Waals surface area (Å²) in [6.07, 6.45) is 0. The van der Waals surface area contributed by atoms with Crippen molar-refractivity contribution in [1.82, 2.24) is 4.98 Å². The molecule has 20 heavy (non-hydrogen) atoms. The minimum atomic E-state index is -0.507. The average molecular weight is 308 g/mol. The van der Waals surface area contributed by atoms with Crippen molar-refractivity contribution in [3.63, 3.8) is 0 Å². The fourth-order valence-corrected chi connectivity index (χ4v) is 2.62. The Hall–Kier alpha value is -2.10. The SMILES string of the molecule is COC(=O)c1sc(NCc2cccc(C#N)c2)nc1Cl. The van der Waals surface area contributed by atoms with Gasteiger partial charge in [-0.15, -0.1) is 0 Å². The smallest absolute Gasteiger partial charge is 0.351 e. The van der Waals surface area contributed by atoms with E-state index in [1.54, 1.807) is 12.1 Å². The van der Waals surface area contributed by atoms with Gasteiger partial charge in [-0.1, -0.05) is 35.1 Å². The molecule has 0 aliphatic rings. The summed E-state index contributed by atoms with van der Waals surface area (Å²) in [6.45, 7) is 0.486. The Bertz CT molecular complexity index is 678. The quantitative estimate of drug-likeness (QED) is 0.879. The number of rotatable bonds is 4. The van der Waals surface area contributed by atoms with Gasteiger partial charge in [0, 0.05) is 6.54 Å². The van der Waals surface area contributed by atoms with E-state index in [9.17, 15) is 4.79 Å². The molecule has 0 saturated carbocycles. The average Bonchev–Trinajstić information content (AvgIpc) is 2.85. The van der Waals surface area contributed by atoms with Gasteiger partial charge in [-0.25, -0.2) is 9.78 Å². The van der Waals surface area contributed by atoms with Gasteiger partial charge in [-0.3, -0.25) is 0 Å². The maximum Gasteiger partial charge on any atom is 0.351 e. The largest absolute Gasteiger partial charge is 0.465 e. The number of carbonyl (C=O) groups excluding carboxylic acids is 1. The lowest BCUT2D eigenvalue weighted by Crippen LogP contribution is -1.99. The van der Waals surface area contributed by atoms with Crippen LogP contribution in [0.3, 0.4) is 0 Å². The van der Waals surface area contributed by atoms with Crippen LogP contribution in [0.5, 0.6) is 0 Å². The molecular formula is C13H10ClN3O2S. The molecule has 1 heterocycles. The molecule has 0 aliphatic carbocycles. The maximum absolute atomic E-state index is 11.4. The summed E-state index contributed by atoms with van der Waals surface area (Å²) in [5.41, 5.74) is 1.53. The molecule has 1 aromatic heterocycles. The second-order valence-corrected chi connectivity index (χ2v) is 5.15. The Kier molecular flexibility index (Phi) is 4.56. The van der Waals surface area contributed by atoms with Crippen molar-refractivity contribution in [3.05, 3.63) is 45.4 Å². The number of anilines is 1. The number of carbonyl (C=O) groups is 1. The minimum absolute atomic E-state index is 0.120. The van der Waals surface area contributed by atoms with Gasteiger partial charge in [-0.2, -0.15) is 5.26 Å². The zero-order valence-corrected chi connectivity index (χ0v) is 12.1. The molecule has 0 atom stereocenters. The first-order valence-electron chi connectivity index (χ1n) is 5.61. The van der Waals surface area contributed by atoms with Gasteiger partial charge in [0.2, 0.25) is 0 Å². The number of esters is 1. The van der Waals surface area contributed by atoms with E-state index in [1.165, 1.54) is 7.11 Å². The van der Waals surface area contributed by atoms with Crippen molar-refractivity contribution in [3.8, 4) is 6.07 Å². The highest BCUT2D eigenvalue weighted by atomic mass is 35.5. The van der Waals surface area contributed by atoms with E-state index in [0.29, 0.717) is 17.2 Å². The van der Waals surface area contributed by atoms with Gasteiger partial charge < -0.3 is 10.1 Å². The summed E-state index contributed by atoms with van der Waals surface area (Å²) < 4.78 is 4.61. The summed E-state index contributed by atoms with van der Waals surface area (Å²) in [5, 5.41) is 12.5. The van der Waals surface area contributed by atoms with Crippen LogP contribution < -0.4 is 5.32 Å². The number of hydrogen-bond donors (Lipinski definition) is 1. The number of methoxy groups -OCH3 is 1. The third-order valence-corrected chi connectivity index (χ3v) is 3.84. The number of nitriles is 1. The summed E-state index contributed by atoms with van der Waals surface area (Å²) in [5.74, 6) is -0.507. The van der Waals surface area contributed by atoms with Crippen molar-refractivity contribution in [2.75, 3.05) is 12.4 Å². The van der Waals surface area contributed by atoms with Crippen molar-refractivity contribution in [2.45, 2.75) is 6.54 Å². The topological polar surface area (TPSA) is 75.0 Å². The number of aromatic nitrogens is 1. The monoisotopic (exact) mass is 307 g/mol. The summed E-state index contributed by atoms with van der Waals surface area (Å²) in [4.78, 5) is 15.7. The van der Waals surface area contributed by atoms with E-state index < -0.39 is 5.97 Å². The Morgan fingerprint density at radius 3 is 3.10 bits per heavy atom. The molecule has 1 N–H and O–H groups in total. The van der Waals surface area contributed by atoms with E-state index in [2.05, 4.69) is 21.1 Å². The van der Waals surface area contributed by atoms with Crippen LogP contribution in [-0.2, 0) is 11.3 Å². The highest BCUT2D eigenvalue weighted by Crippen LogP contribution is 2.27. The molecule has 2 rings (SSSR count). The number of hydrogen-bond acceptors (Lipinski definition) is 6. The van der Waals surface area contributed by atoms with Crippen LogP contribution in [0.2, 0.25) is 5.15 Å². The second-order valence-electron chi connectivity index (χ2n) is 3.80. The van der Waals surface area contributed by atoms with Crippen LogP contribution in [0, 0.1) is 11.3 Å². The number of nitrogens with zero attached hydrogens (tertiary/aromatic N) is 2.